The predicted octanol–water partition coefficient (Wildman–Crippen LogP) is 1.56. The van der Waals surface area contributed by atoms with Crippen LogP contribution >= 0.6 is 23.1 Å². The molecule has 1 aliphatic heterocycles. The highest BCUT2D eigenvalue weighted by Crippen LogP contribution is 2.31. The summed E-state index contributed by atoms with van der Waals surface area (Å²) in [4.78, 5) is 16.0. The molecule has 13 heavy (non-hydrogen) atoms. The molecule has 1 fully saturated rings. The lowest BCUT2D eigenvalue weighted by Gasteiger charge is -2.10. The highest BCUT2D eigenvalue weighted by Gasteiger charge is 2.19. The van der Waals surface area contributed by atoms with E-state index in [1.54, 1.807) is 0 Å². The van der Waals surface area contributed by atoms with Crippen LogP contribution in [-0.4, -0.2) is 28.1 Å². The molecule has 0 saturated carbocycles. The van der Waals surface area contributed by atoms with Crippen LogP contribution in [0.15, 0.2) is 6.20 Å². The molecule has 0 bridgehead atoms. The number of thiazole rings is 1. The standard InChI is InChI=1S/C6H7N3O2S2/c10-9(11)5-3-7-6(13-5)8-1-2-12-4-8/h3H,1-2,4H2. The quantitative estimate of drug-likeness (QED) is 0.555. The Morgan fingerprint density at radius 2 is 2.54 bits per heavy atom. The molecule has 1 aromatic rings. The summed E-state index contributed by atoms with van der Waals surface area (Å²) < 4.78 is 0. The molecular formula is C6H7N3O2S2. The molecule has 0 aliphatic carbocycles. The van der Waals surface area contributed by atoms with Gasteiger partial charge in [0.05, 0.1) is 10.8 Å². The van der Waals surface area contributed by atoms with Gasteiger partial charge in [0.1, 0.15) is 6.20 Å². The molecule has 0 aromatic carbocycles. The molecule has 0 spiro atoms. The Hall–Kier alpha value is -0.820. The number of hydrogen-bond acceptors (Lipinski definition) is 6. The van der Waals surface area contributed by atoms with Crippen molar-refractivity contribution in [3.05, 3.63) is 16.3 Å². The Bertz CT molecular complexity index is 321. The fraction of sp³-hybridized carbons (Fsp3) is 0.500. The fourth-order valence-corrected chi connectivity index (χ4v) is 2.84. The van der Waals surface area contributed by atoms with Gasteiger partial charge in [0, 0.05) is 12.3 Å². The first-order valence-electron chi connectivity index (χ1n) is 3.70. The summed E-state index contributed by atoms with van der Waals surface area (Å²) >= 11 is 2.96. The average molecular weight is 217 g/mol. The molecule has 7 heteroatoms. The summed E-state index contributed by atoms with van der Waals surface area (Å²) in [6, 6.07) is 0. The van der Waals surface area contributed by atoms with Crippen molar-refractivity contribution in [3.8, 4) is 0 Å². The Balaban J connectivity index is 2.16. The third-order valence-electron chi connectivity index (χ3n) is 1.68. The summed E-state index contributed by atoms with van der Waals surface area (Å²) in [7, 11) is 0. The van der Waals surface area contributed by atoms with Crippen molar-refractivity contribution < 1.29 is 4.92 Å². The van der Waals surface area contributed by atoms with Gasteiger partial charge in [-0.1, -0.05) is 0 Å². The number of hydrogen-bond donors (Lipinski definition) is 0. The van der Waals surface area contributed by atoms with Crippen molar-refractivity contribution in [2.45, 2.75) is 0 Å². The largest absolute Gasteiger partial charge is 0.345 e. The topological polar surface area (TPSA) is 59.3 Å². The van der Waals surface area contributed by atoms with Gasteiger partial charge in [-0.05, 0) is 11.3 Å². The second kappa shape index (κ2) is 3.51. The molecule has 1 aromatic heterocycles. The Kier molecular flexibility index (Phi) is 2.36. The second-order valence-corrected chi connectivity index (χ2v) is 4.60. The highest BCUT2D eigenvalue weighted by molar-refractivity contribution is 7.99. The van der Waals surface area contributed by atoms with E-state index in [0.29, 0.717) is 0 Å². The zero-order valence-corrected chi connectivity index (χ0v) is 8.31. The van der Waals surface area contributed by atoms with Crippen molar-refractivity contribution in [1.29, 1.82) is 0 Å². The molecule has 0 atom stereocenters. The maximum absolute atomic E-state index is 10.4. The predicted molar refractivity (Wildman–Crippen MR) is 53.4 cm³/mol. The summed E-state index contributed by atoms with van der Waals surface area (Å²) in [5.41, 5.74) is 0. The lowest BCUT2D eigenvalue weighted by Crippen LogP contribution is -2.17. The molecule has 0 N–H and O–H groups in total. The second-order valence-electron chi connectivity index (χ2n) is 2.54. The van der Waals surface area contributed by atoms with E-state index >= 15 is 0 Å². The number of rotatable bonds is 2. The maximum Gasteiger partial charge on any atom is 0.345 e. The van der Waals surface area contributed by atoms with Gasteiger partial charge < -0.3 is 4.90 Å². The van der Waals surface area contributed by atoms with Crippen LogP contribution in [0.1, 0.15) is 0 Å². The van der Waals surface area contributed by atoms with E-state index in [9.17, 15) is 10.1 Å². The van der Waals surface area contributed by atoms with Crippen molar-refractivity contribution in [1.82, 2.24) is 4.98 Å². The number of nitrogens with zero attached hydrogens (tertiary/aromatic N) is 3. The van der Waals surface area contributed by atoms with Crippen LogP contribution < -0.4 is 4.90 Å². The summed E-state index contributed by atoms with van der Waals surface area (Å²) in [5.74, 6) is 1.97. The third-order valence-corrected chi connectivity index (χ3v) is 3.66. The van der Waals surface area contributed by atoms with E-state index in [0.717, 1.165) is 34.6 Å². The van der Waals surface area contributed by atoms with Crippen LogP contribution in [0.25, 0.3) is 0 Å². The van der Waals surface area contributed by atoms with E-state index in [2.05, 4.69) is 9.88 Å². The summed E-state index contributed by atoms with van der Waals surface area (Å²) in [5, 5.41) is 11.3. The summed E-state index contributed by atoms with van der Waals surface area (Å²) in [6.07, 6.45) is 1.32. The van der Waals surface area contributed by atoms with Crippen molar-refractivity contribution >= 4 is 33.2 Å². The summed E-state index contributed by atoms with van der Waals surface area (Å²) in [6.45, 7) is 0.940. The van der Waals surface area contributed by atoms with Crippen LogP contribution in [0.3, 0.4) is 0 Å². The Morgan fingerprint density at radius 1 is 1.69 bits per heavy atom. The maximum atomic E-state index is 10.4. The van der Waals surface area contributed by atoms with Gasteiger partial charge in [0.15, 0.2) is 5.13 Å². The van der Waals surface area contributed by atoms with Crippen LogP contribution in [0.4, 0.5) is 10.1 Å². The molecule has 5 nitrogen and oxygen atoms in total. The molecule has 2 heterocycles. The molecule has 0 amide bonds. The van der Waals surface area contributed by atoms with E-state index in [1.807, 2.05) is 11.8 Å². The molecule has 2 rings (SSSR count). The van der Waals surface area contributed by atoms with Gasteiger partial charge in [0.2, 0.25) is 0 Å². The lowest BCUT2D eigenvalue weighted by molar-refractivity contribution is -0.380. The number of aromatic nitrogens is 1. The minimum absolute atomic E-state index is 0.118. The van der Waals surface area contributed by atoms with Crippen LogP contribution in [0, 0.1) is 10.1 Å². The Morgan fingerprint density at radius 3 is 3.08 bits per heavy atom. The van der Waals surface area contributed by atoms with Gasteiger partial charge in [0.25, 0.3) is 0 Å². The zero-order valence-electron chi connectivity index (χ0n) is 6.67. The number of anilines is 1. The molecule has 0 radical (unpaired) electrons. The van der Waals surface area contributed by atoms with Crippen LogP contribution in [0.2, 0.25) is 0 Å². The fourth-order valence-electron chi connectivity index (χ4n) is 1.05. The first-order chi connectivity index (χ1) is 6.27. The average Bonchev–Trinajstić information content (AvgIpc) is 2.75. The monoisotopic (exact) mass is 217 g/mol. The first-order valence-corrected chi connectivity index (χ1v) is 5.67. The third kappa shape index (κ3) is 1.75. The smallest absolute Gasteiger partial charge is 0.338 e. The molecule has 1 aliphatic rings. The molecular weight excluding hydrogens is 210 g/mol. The molecule has 1 saturated heterocycles. The van der Waals surface area contributed by atoms with E-state index < -0.39 is 4.92 Å². The number of thioether (sulfide) groups is 1. The Labute approximate surface area is 82.9 Å². The normalized spacial score (nSPS) is 16.5. The number of nitro groups is 1. The van der Waals surface area contributed by atoms with E-state index in [1.165, 1.54) is 6.20 Å². The van der Waals surface area contributed by atoms with Gasteiger partial charge >= 0.3 is 5.00 Å². The van der Waals surface area contributed by atoms with Crippen molar-refractivity contribution in [2.24, 2.45) is 0 Å². The van der Waals surface area contributed by atoms with Gasteiger partial charge in [-0.15, -0.1) is 11.8 Å². The van der Waals surface area contributed by atoms with Crippen molar-refractivity contribution in [3.63, 3.8) is 0 Å². The van der Waals surface area contributed by atoms with Crippen LogP contribution in [0.5, 0.6) is 0 Å². The van der Waals surface area contributed by atoms with Gasteiger partial charge in [-0.3, -0.25) is 10.1 Å². The lowest BCUT2D eigenvalue weighted by atomic mass is 10.7. The van der Waals surface area contributed by atoms with Gasteiger partial charge in [-0.25, -0.2) is 4.98 Å². The van der Waals surface area contributed by atoms with Crippen molar-refractivity contribution in [2.75, 3.05) is 23.1 Å². The zero-order chi connectivity index (χ0) is 9.26. The highest BCUT2D eigenvalue weighted by atomic mass is 32.2. The minimum Gasteiger partial charge on any atom is -0.338 e. The first kappa shape index (κ1) is 8.76. The van der Waals surface area contributed by atoms with E-state index in [4.69, 9.17) is 0 Å². The van der Waals surface area contributed by atoms with Crippen LogP contribution in [-0.2, 0) is 0 Å². The SMILES string of the molecule is O=[N+]([O-])c1cnc(N2CCSC2)s1. The molecule has 70 valence electrons. The molecule has 0 unspecified atom stereocenters. The van der Waals surface area contributed by atoms with E-state index in [-0.39, 0.29) is 5.00 Å². The van der Waals surface area contributed by atoms with Gasteiger partial charge in [-0.2, -0.15) is 0 Å². The minimum atomic E-state index is -0.398.